The number of hydrogen-bond acceptors (Lipinski definition) is 7. The van der Waals surface area contributed by atoms with Crippen molar-refractivity contribution in [2.75, 3.05) is 31.6 Å². The molecule has 0 unspecified atom stereocenters. The van der Waals surface area contributed by atoms with Crippen LogP contribution in [-0.2, 0) is 7.05 Å². The fourth-order valence-electron chi connectivity index (χ4n) is 4.55. The van der Waals surface area contributed by atoms with Gasteiger partial charge in [0.15, 0.2) is 5.65 Å². The number of rotatable bonds is 5. The Morgan fingerprint density at radius 1 is 1.22 bits per heavy atom. The van der Waals surface area contributed by atoms with Crippen LogP contribution < -0.4 is 11.0 Å². The highest BCUT2D eigenvalue weighted by Crippen LogP contribution is 2.27. The Morgan fingerprint density at radius 2 is 2.03 bits per heavy atom. The van der Waals surface area contributed by atoms with E-state index >= 15 is 0 Å². The first-order valence-corrected chi connectivity index (χ1v) is 10.9. The smallest absolute Gasteiger partial charge is 0.330 e. The molecule has 0 saturated carbocycles. The highest BCUT2D eigenvalue weighted by molar-refractivity contribution is 5.85. The number of aromatic nitrogens is 5. The Labute approximate surface area is 185 Å². The van der Waals surface area contributed by atoms with Crippen molar-refractivity contribution in [2.24, 2.45) is 7.05 Å². The van der Waals surface area contributed by atoms with E-state index in [1.165, 1.54) is 0 Å². The molecule has 9 nitrogen and oxygen atoms in total. The number of piperidine rings is 1. The number of aliphatic hydroxyl groups is 1. The zero-order valence-electron chi connectivity index (χ0n) is 18.3. The number of nitrogens with one attached hydrogen (secondary N) is 1. The summed E-state index contributed by atoms with van der Waals surface area (Å²) in [4.78, 5) is 28.9. The normalized spacial score (nSPS) is 15.6. The lowest BCUT2D eigenvalue weighted by molar-refractivity contribution is 0.149. The molecule has 0 atom stereocenters. The second-order valence-electron chi connectivity index (χ2n) is 8.40. The first-order chi connectivity index (χ1) is 15.5. The second-order valence-corrected chi connectivity index (χ2v) is 8.40. The van der Waals surface area contributed by atoms with Gasteiger partial charge in [-0.25, -0.2) is 9.78 Å². The van der Waals surface area contributed by atoms with E-state index < -0.39 is 0 Å². The lowest BCUT2D eigenvalue weighted by Gasteiger charge is -2.31. The van der Waals surface area contributed by atoms with Crippen LogP contribution in [0, 0.1) is 6.92 Å². The second kappa shape index (κ2) is 8.33. The van der Waals surface area contributed by atoms with Gasteiger partial charge >= 0.3 is 5.69 Å². The van der Waals surface area contributed by atoms with Gasteiger partial charge in [-0.05, 0) is 43.5 Å². The SMILES string of the molecule is Cc1cc2ncccc2cc1Nc1ncc2c(n1)n(C1CCN(CCO)CC1)c(=O)n2C. The lowest BCUT2D eigenvalue weighted by atomic mass is 10.0. The molecule has 0 spiro atoms. The Hall–Kier alpha value is -3.30. The molecule has 1 aliphatic heterocycles. The highest BCUT2D eigenvalue weighted by Gasteiger charge is 2.25. The molecule has 32 heavy (non-hydrogen) atoms. The van der Waals surface area contributed by atoms with Crippen LogP contribution in [0.2, 0.25) is 0 Å². The first-order valence-electron chi connectivity index (χ1n) is 10.9. The summed E-state index contributed by atoms with van der Waals surface area (Å²) in [7, 11) is 1.76. The van der Waals surface area contributed by atoms with Crippen LogP contribution in [0.5, 0.6) is 0 Å². The Bertz CT molecular complexity index is 1340. The van der Waals surface area contributed by atoms with Crippen LogP contribution >= 0.6 is 0 Å². The van der Waals surface area contributed by atoms with Gasteiger partial charge in [0.1, 0.15) is 5.52 Å². The van der Waals surface area contributed by atoms with E-state index in [0.29, 0.717) is 18.1 Å². The minimum absolute atomic E-state index is 0.0694. The van der Waals surface area contributed by atoms with E-state index in [1.807, 2.05) is 35.8 Å². The number of β-amino-alcohol motifs (C(OH)–C–C–N with tert-alkyl or cyclic N) is 1. The molecule has 0 amide bonds. The standard InChI is InChI=1S/C23H27N7O2/c1-15-12-19-16(4-3-7-24-19)13-18(15)26-22-25-14-20-21(27-22)30(23(32)28(20)2)17-5-8-29(9-6-17)10-11-31/h3-4,7,12-14,17,31H,5-6,8-11H2,1-2H3,(H,25,26,27). The van der Waals surface area contributed by atoms with Crippen molar-refractivity contribution in [1.82, 2.24) is 29.0 Å². The van der Waals surface area contributed by atoms with Gasteiger partial charge in [-0.2, -0.15) is 4.98 Å². The van der Waals surface area contributed by atoms with Gasteiger partial charge < -0.3 is 15.3 Å². The number of anilines is 2. The van der Waals surface area contributed by atoms with Crippen molar-refractivity contribution in [3.63, 3.8) is 0 Å². The van der Waals surface area contributed by atoms with E-state index in [0.717, 1.165) is 53.6 Å². The van der Waals surface area contributed by atoms with E-state index in [4.69, 9.17) is 4.98 Å². The molecule has 4 heterocycles. The van der Waals surface area contributed by atoms with E-state index in [-0.39, 0.29) is 18.3 Å². The number of likely N-dealkylation sites (tertiary alicyclic amines) is 1. The molecule has 4 aromatic rings. The zero-order valence-corrected chi connectivity index (χ0v) is 18.3. The molecule has 1 aromatic carbocycles. The molecule has 0 bridgehead atoms. The molecule has 0 aliphatic carbocycles. The fourth-order valence-corrected chi connectivity index (χ4v) is 4.55. The Morgan fingerprint density at radius 3 is 2.81 bits per heavy atom. The number of benzene rings is 1. The minimum atomic E-state index is -0.0694. The summed E-state index contributed by atoms with van der Waals surface area (Å²) in [5.41, 5.74) is 4.19. The van der Waals surface area contributed by atoms with Crippen LogP contribution in [0.1, 0.15) is 24.4 Å². The molecular formula is C23H27N7O2. The third kappa shape index (κ3) is 3.63. The van der Waals surface area contributed by atoms with Crippen molar-refractivity contribution >= 4 is 33.7 Å². The molecule has 166 valence electrons. The van der Waals surface area contributed by atoms with Crippen LogP contribution in [0.25, 0.3) is 22.1 Å². The van der Waals surface area contributed by atoms with Crippen LogP contribution in [0.4, 0.5) is 11.6 Å². The molecular weight excluding hydrogens is 406 g/mol. The van der Waals surface area contributed by atoms with Gasteiger partial charge in [-0.1, -0.05) is 6.07 Å². The summed E-state index contributed by atoms with van der Waals surface area (Å²) in [6.07, 6.45) is 5.20. The van der Waals surface area contributed by atoms with E-state index in [2.05, 4.69) is 20.2 Å². The van der Waals surface area contributed by atoms with Crippen molar-refractivity contribution in [3.05, 3.63) is 52.7 Å². The highest BCUT2D eigenvalue weighted by atomic mass is 16.3. The molecule has 0 radical (unpaired) electrons. The summed E-state index contributed by atoms with van der Waals surface area (Å²) in [6.45, 7) is 4.57. The largest absolute Gasteiger partial charge is 0.395 e. The third-order valence-corrected chi connectivity index (χ3v) is 6.37. The minimum Gasteiger partial charge on any atom is -0.395 e. The summed E-state index contributed by atoms with van der Waals surface area (Å²) in [6, 6.07) is 8.10. The van der Waals surface area contributed by atoms with Gasteiger partial charge in [-0.15, -0.1) is 0 Å². The zero-order chi connectivity index (χ0) is 22.2. The lowest BCUT2D eigenvalue weighted by Crippen LogP contribution is -2.38. The van der Waals surface area contributed by atoms with Crippen LogP contribution in [-0.4, -0.2) is 60.3 Å². The fraction of sp³-hybridized carbons (Fsp3) is 0.391. The number of imidazole rings is 1. The van der Waals surface area contributed by atoms with Crippen molar-refractivity contribution in [3.8, 4) is 0 Å². The Kier molecular flexibility index (Phi) is 5.36. The van der Waals surface area contributed by atoms with Gasteiger partial charge in [-0.3, -0.25) is 14.1 Å². The van der Waals surface area contributed by atoms with Crippen LogP contribution in [0.3, 0.4) is 0 Å². The maximum Gasteiger partial charge on any atom is 0.330 e. The van der Waals surface area contributed by atoms with E-state index in [1.54, 1.807) is 24.0 Å². The summed E-state index contributed by atoms with van der Waals surface area (Å²) >= 11 is 0. The average molecular weight is 434 g/mol. The number of aliphatic hydroxyl groups excluding tert-OH is 1. The summed E-state index contributed by atoms with van der Waals surface area (Å²) < 4.78 is 3.43. The van der Waals surface area contributed by atoms with Crippen molar-refractivity contribution in [2.45, 2.75) is 25.8 Å². The Balaban J connectivity index is 1.49. The monoisotopic (exact) mass is 433 g/mol. The number of pyridine rings is 1. The predicted molar refractivity (Wildman–Crippen MR) is 124 cm³/mol. The van der Waals surface area contributed by atoms with Crippen molar-refractivity contribution in [1.29, 1.82) is 0 Å². The summed E-state index contributed by atoms with van der Waals surface area (Å²) in [5.74, 6) is 0.459. The van der Waals surface area contributed by atoms with Crippen LogP contribution in [0.15, 0.2) is 41.5 Å². The maximum atomic E-state index is 13.0. The number of hydrogen-bond donors (Lipinski definition) is 2. The number of nitrogens with zero attached hydrogens (tertiary/aromatic N) is 6. The quantitative estimate of drug-likeness (QED) is 0.498. The van der Waals surface area contributed by atoms with Gasteiger partial charge in [0, 0.05) is 50.0 Å². The number of aryl methyl sites for hydroxylation is 2. The molecule has 9 heteroatoms. The molecule has 1 fully saturated rings. The molecule has 1 saturated heterocycles. The molecule has 2 N–H and O–H groups in total. The third-order valence-electron chi connectivity index (χ3n) is 6.37. The maximum absolute atomic E-state index is 13.0. The van der Waals surface area contributed by atoms with Gasteiger partial charge in [0.05, 0.1) is 18.3 Å². The number of fused-ring (bicyclic) bond motifs is 2. The molecule has 1 aliphatic rings. The average Bonchev–Trinajstić information content (AvgIpc) is 3.05. The summed E-state index contributed by atoms with van der Waals surface area (Å²) in [5, 5.41) is 13.6. The topological polar surface area (TPSA) is 101 Å². The molecule has 5 rings (SSSR count). The first kappa shape index (κ1) is 20.6. The van der Waals surface area contributed by atoms with Gasteiger partial charge in [0.25, 0.3) is 0 Å². The van der Waals surface area contributed by atoms with Crippen molar-refractivity contribution < 1.29 is 5.11 Å². The molecule has 3 aromatic heterocycles. The predicted octanol–water partition coefficient (Wildman–Crippen LogP) is 2.36. The van der Waals surface area contributed by atoms with Gasteiger partial charge in [0.2, 0.25) is 5.95 Å². The van der Waals surface area contributed by atoms with E-state index in [9.17, 15) is 9.90 Å².